The summed E-state index contributed by atoms with van der Waals surface area (Å²) >= 11 is 7.55. The molecule has 3 aromatic rings. The molecule has 0 unspecified atom stereocenters. The Bertz CT molecular complexity index is 875. The lowest BCUT2D eigenvalue weighted by Gasteiger charge is -2.08. The molecule has 0 aliphatic rings. The molecule has 0 N–H and O–H groups in total. The maximum atomic E-state index is 12.6. The SMILES string of the molecule is Cc1ccc(-n2ccnc(SCc3ccccc3Cl)c2=O)cc1. The molecule has 0 aliphatic heterocycles. The molecule has 5 heteroatoms. The van der Waals surface area contributed by atoms with Gasteiger partial charge in [0.15, 0.2) is 5.03 Å². The van der Waals surface area contributed by atoms with E-state index in [1.165, 1.54) is 11.8 Å². The van der Waals surface area contributed by atoms with Gasteiger partial charge in [-0.05, 0) is 30.7 Å². The lowest BCUT2D eigenvalue weighted by atomic mass is 10.2. The molecule has 0 saturated carbocycles. The van der Waals surface area contributed by atoms with Gasteiger partial charge in [-0.15, -0.1) is 0 Å². The van der Waals surface area contributed by atoms with E-state index >= 15 is 0 Å². The predicted octanol–water partition coefficient (Wildman–Crippen LogP) is 4.49. The highest BCUT2D eigenvalue weighted by atomic mass is 35.5. The van der Waals surface area contributed by atoms with Crippen LogP contribution in [0, 0.1) is 6.92 Å². The van der Waals surface area contributed by atoms with Crippen molar-refractivity contribution in [3.05, 3.63) is 87.4 Å². The summed E-state index contributed by atoms with van der Waals surface area (Å²) in [7, 11) is 0. The molecule has 3 nitrogen and oxygen atoms in total. The lowest BCUT2D eigenvalue weighted by Crippen LogP contribution is -2.20. The lowest BCUT2D eigenvalue weighted by molar-refractivity contribution is 0.882. The molecule has 116 valence electrons. The third kappa shape index (κ3) is 3.66. The van der Waals surface area contributed by atoms with Gasteiger partial charge in [0.05, 0.1) is 0 Å². The molecule has 0 amide bonds. The van der Waals surface area contributed by atoms with Crippen LogP contribution in [0.4, 0.5) is 0 Å². The zero-order valence-electron chi connectivity index (χ0n) is 12.6. The third-order valence-electron chi connectivity index (χ3n) is 3.44. The Hall–Kier alpha value is -2.04. The Balaban J connectivity index is 1.87. The Kier molecular flexibility index (Phi) is 4.84. The molecule has 1 heterocycles. The van der Waals surface area contributed by atoms with Gasteiger partial charge in [-0.3, -0.25) is 9.36 Å². The number of aromatic nitrogens is 2. The number of thioether (sulfide) groups is 1. The summed E-state index contributed by atoms with van der Waals surface area (Å²) in [5.74, 6) is 0.611. The average Bonchev–Trinajstić information content (AvgIpc) is 2.56. The summed E-state index contributed by atoms with van der Waals surface area (Å²) in [6.45, 7) is 2.02. The van der Waals surface area contributed by atoms with Gasteiger partial charge in [0.1, 0.15) is 0 Å². The van der Waals surface area contributed by atoms with Crippen LogP contribution in [0.15, 0.2) is 70.7 Å². The maximum absolute atomic E-state index is 12.6. The van der Waals surface area contributed by atoms with Crippen LogP contribution in [0.2, 0.25) is 5.02 Å². The molecule has 0 spiro atoms. The van der Waals surface area contributed by atoms with Crippen molar-refractivity contribution in [2.24, 2.45) is 0 Å². The summed E-state index contributed by atoms with van der Waals surface area (Å²) in [6, 6.07) is 15.5. The van der Waals surface area contributed by atoms with E-state index in [1.54, 1.807) is 17.0 Å². The molecule has 23 heavy (non-hydrogen) atoms. The van der Waals surface area contributed by atoms with Gasteiger partial charge < -0.3 is 0 Å². The molecule has 0 aliphatic carbocycles. The van der Waals surface area contributed by atoms with E-state index in [0.29, 0.717) is 15.8 Å². The van der Waals surface area contributed by atoms with Gasteiger partial charge >= 0.3 is 0 Å². The highest BCUT2D eigenvalue weighted by Gasteiger charge is 2.08. The van der Waals surface area contributed by atoms with E-state index in [0.717, 1.165) is 16.8 Å². The smallest absolute Gasteiger partial charge is 0.280 e. The molecule has 0 bridgehead atoms. The fourth-order valence-corrected chi connectivity index (χ4v) is 3.35. The fourth-order valence-electron chi connectivity index (χ4n) is 2.16. The Labute approximate surface area is 144 Å². The first kappa shape index (κ1) is 15.8. The second-order valence-electron chi connectivity index (χ2n) is 5.12. The topological polar surface area (TPSA) is 34.9 Å². The van der Waals surface area contributed by atoms with Crippen LogP contribution in [-0.4, -0.2) is 9.55 Å². The van der Waals surface area contributed by atoms with E-state index in [1.807, 2.05) is 55.5 Å². The normalized spacial score (nSPS) is 10.7. The molecule has 0 atom stereocenters. The minimum absolute atomic E-state index is 0.117. The largest absolute Gasteiger partial charge is 0.287 e. The number of hydrogen-bond donors (Lipinski definition) is 0. The number of hydrogen-bond acceptors (Lipinski definition) is 3. The minimum atomic E-state index is -0.117. The monoisotopic (exact) mass is 342 g/mol. The van der Waals surface area contributed by atoms with Crippen LogP contribution in [-0.2, 0) is 5.75 Å². The minimum Gasteiger partial charge on any atom is -0.280 e. The molecule has 0 saturated heterocycles. The summed E-state index contributed by atoms with van der Waals surface area (Å²) < 4.78 is 1.61. The van der Waals surface area contributed by atoms with E-state index in [-0.39, 0.29) is 5.56 Å². The van der Waals surface area contributed by atoms with Crippen molar-refractivity contribution in [3.63, 3.8) is 0 Å². The molecular weight excluding hydrogens is 328 g/mol. The number of halogens is 1. The van der Waals surface area contributed by atoms with Crippen molar-refractivity contribution in [3.8, 4) is 5.69 Å². The van der Waals surface area contributed by atoms with E-state index in [2.05, 4.69) is 4.98 Å². The predicted molar refractivity (Wildman–Crippen MR) is 95.6 cm³/mol. The summed E-state index contributed by atoms with van der Waals surface area (Å²) in [6.07, 6.45) is 3.34. The van der Waals surface area contributed by atoms with Crippen LogP contribution in [0.3, 0.4) is 0 Å². The van der Waals surface area contributed by atoms with Gasteiger partial charge in [0.25, 0.3) is 5.56 Å². The zero-order valence-corrected chi connectivity index (χ0v) is 14.1. The number of aryl methyl sites for hydroxylation is 1. The second-order valence-corrected chi connectivity index (χ2v) is 6.49. The first-order valence-corrected chi connectivity index (χ1v) is 8.52. The van der Waals surface area contributed by atoms with Crippen LogP contribution in [0.1, 0.15) is 11.1 Å². The van der Waals surface area contributed by atoms with E-state index in [4.69, 9.17) is 11.6 Å². The first-order valence-electron chi connectivity index (χ1n) is 7.16. The molecule has 0 fully saturated rings. The van der Waals surface area contributed by atoms with Crippen molar-refractivity contribution in [2.45, 2.75) is 17.7 Å². The quantitative estimate of drug-likeness (QED) is 0.655. The van der Waals surface area contributed by atoms with Crippen molar-refractivity contribution < 1.29 is 0 Å². The highest BCUT2D eigenvalue weighted by Crippen LogP contribution is 2.23. The molecule has 2 aromatic carbocycles. The molecule has 0 radical (unpaired) electrons. The van der Waals surface area contributed by atoms with Gasteiger partial charge in [0.2, 0.25) is 0 Å². The van der Waals surface area contributed by atoms with Gasteiger partial charge in [0, 0.05) is 28.9 Å². The van der Waals surface area contributed by atoms with Crippen molar-refractivity contribution in [2.75, 3.05) is 0 Å². The standard InChI is InChI=1S/C18H15ClN2OS/c1-13-6-8-15(9-7-13)21-11-10-20-17(18(21)22)23-12-14-4-2-3-5-16(14)19/h2-11H,12H2,1H3. The van der Waals surface area contributed by atoms with Crippen molar-refractivity contribution in [1.82, 2.24) is 9.55 Å². The van der Waals surface area contributed by atoms with E-state index in [9.17, 15) is 4.79 Å². The highest BCUT2D eigenvalue weighted by molar-refractivity contribution is 7.98. The van der Waals surface area contributed by atoms with Crippen molar-refractivity contribution >= 4 is 23.4 Å². The maximum Gasteiger partial charge on any atom is 0.287 e. The van der Waals surface area contributed by atoms with Crippen LogP contribution in [0.25, 0.3) is 5.69 Å². The average molecular weight is 343 g/mol. The Morgan fingerprint density at radius 2 is 1.87 bits per heavy atom. The fraction of sp³-hybridized carbons (Fsp3) is 0.111. The van der Waals surface area contributed by atoms with Crippen LogP contribution in [0.5, 0.6) is 0 Å². The third-order valence-corrected chi connectivity index (χ3v) is 4.82. The van der Waals surface area contributed by atoms with Crippen LogP contribution >= 0.6 is 23.4 Å². The second kappa shape index (κ2) is 7.02. The molecule has 1 aromatic heterocycles. The number of nitrogens with zero attached hydrogens (tertiary/aromatic N) is 2. The first-order chi connectivity index (χ1) is 11.1. The van der Waals surface area contributed by atoms with Gasteiger partial charge in [-0.25, -0.2) is 4.98 Å². The summed E-state index contributed by atoms with van der Waals surface area (Å²) in [5.41, 5.74) is 2.87. The summed E-state index contributed by atoms with van der Waals surface area (Å²) in [4.78, 5) is 16.8. The number of benzene rings is 2. The van der Waals surface area contributed by atoms with Crippen LogP contribution < -0.4 is 5.56 Å². The van der Waals surface area contributed by atoms with Crippen molar-refractivity contribution in [1.29, 1.82) is 0 Å². The Morgan fingerprint density at radius 3 is 2.61 bits per heavy atom. The number of rotatable bonds is 4. The molecule has 3 rings (SSSR count). The molecular formula is C18H15ClN2OS. The van der Waals surface area contributed by atoms with Gasteiger partial charge in [-0.1, -0.05) is 59.3 Å². The zero-order chi connectivity index (χ0) is 16.2. The van der Waals surface area contributed by atoms with E-state index < -0.39 is 0 Å². The summed E-state index contributed by atoms with van der Waals surface area (Å²) in [5, 5.41) is 1.17. The Morgan fingerprint density at radius 1 is 1.13 bits per heavy atom. The van der Waals surface area contributed by atoms with Gasteiger partial charge in [-0.2, -0.15) is 0 Å².